The zero-order valence-electron chi connectivity index (χ0n) is 8.40. The van der Waals surface area contributed by atoms with Crippen molar-refractivity contribution >= 4 is 12.0 Å². The van der Waals surface area contributed by atoms with Crippen LogP contribution >= 0.6 is 0 Å². The van der Waals surface area contributed by atoms with Crippen LogP contribution in [0.4, 0.5) is 4.79 Å². The summed E-state index contributed by atoms with van der Waals surface area (Å²) in [6.07, 6.45) is 3.02. The van der Waals surface area contributed by atoms with Crippen molar-refractivity contribution < 1.29 is 19.8 Å². The molecule has 1 saturated carbocycles. The molecule has 15 heavy (non-hydrogen) atoms. The number of carbonyl (C=O) groups is 2. The Morgan fingerprint density at radius 1 is 1.40 bits per heavy atom. The van der Waals surface area contributed by atoms with Crippen molar-refractivity contribution in [1.82, 2.24) is 10.6 Å². The van der Waals surface area contributed by atoms with Crippen LogP contribution in [-0.2, 0) is 4.79 Å². The molecule has 0 radical (unpaired) electrons. The van der Waals surface area contributed by atoms with E-state index in [1.165, 1.54) is 0 Å². The molecule has 2 amide bonds. The van der Waals surface area contributed by atoms with Crippen LogP contribution < -0.4 is 10.6 Å². The Morgan fingerprint density at radius 3 is 2.47 bits per heavy atom. The summed E-state index contributed by atoms with van der Waals surface area (Å²) in [7, 11) is 0. The highest BCUT2D eigenvalue weighted by atomic mass is 16.4. The van der Waals surface area contributed by atoms with Crippen LogP contribution in [0.5, 0.6) is 0 Å². The average molecular weight is 216 g/mol. The van der Waals surface area contributed by atoms with Gasteiger partial charge >= 0.3 is 12.0 Å². The maximum absolute atomic E-state index is 11.3. The van der Waals surface area contributed by atoms with Crippen molar-refractivity contribution in [3.63, 3.8) is 0 Å². The Hall–Kier alpha value is -1.30. The van der Waals surface area contributed by atoms with Gasteiger partial charge in [-0.3, -0.25) is 0 Å². The van der Waals surface area contributed by atoms with E-state index in [1.54, 1.807) is 0 Å². The van der Waals surface area contributed by atoms with Crippen LogP contribution in [0, 0.1) is 0 Å². The van der Waals surface area contributed by atoms with Gasteiger partial charge in [-0.2, -0.15) is 0 Å². The van der Waals surface area contributed by atoms with E-state index in [0.717, 1.165) is 19.3 Å². The van der Waals surface area contributed by atoms with E-state index < -0.39 is 18.0 Å². The lowest BCUT2D eigenvalue weighted by Crippen LogP contribution is -2.50. The van der Waals surface area contributed by atoms with Gasteiger partial charge in [0.05, 0.1) is 0 Å². The molecule has 0 spiro atoms. The van der Waals surface area contributed by atoms with E-state index in [9.17, 15) is 9.59 Å². The molecule has 0 aromatic carbocycles. The molecular weight excluding hydrogens is 200 g/mol. The quantitative estimate of drug-likeness (QED) is 0.506. The van der Waals surface area contributed by atoms with Gasteiger partial charge in [-0.05, 0) is 19.3 Å². The fourth-order valence-electron chi connectivity index (χ4n) is 1.32. The number of carbonyl (C=O) groups excluding carboxylic acids is 1. The van der Waals surface area contributed by atoms with Crippen molar-refractivity contribution in [3.8, 4) is 0 Å². The Bertz CT molecular complexity index is 240. The third-order valence-electron chi connectivity index (χ3n) is 2.46. The van der Waals surface area contributed by atoms with Gasteiger partial charge < -0.3 is 20.8 Å². The van der Waals surface area contributed by atoms with E-state index in [0.29, 0.717) is 0 Å². The van der Waals surface area contributed by atoms with Crippen LogP contribution in [0.25, 0.3) is 0 Å². The van der Waals surface area contributed by atoms with Gasteiger partial charge in [0, 0.05) is 19.1 Å². The van der Waals surface area contributed by atoms with Crippen LogP contribution in [0.2, 0.25) is 0 Å². The molecule has 6 heteroatoms. The van der Waals surface area contributed by atoms with Gasteiger partial charge in [0.25, 0.3) is 0 Å². The molecule has 1 rings (SSSR count). The van der Waals surface area contributed by atoms with Gasteiger partial charge in [-0.15, -0.1) is 0 Å². The monoisotopic (exact) mass is 216 g/mol. The maximum Gasteiger partial charge on any atom is 0.326 e. The lowest BCUT2D eigenvalue weighted by atomic mass is 9.93. The zero-order valence-corrected chi connectivity index (χ0v) is 8.40. The van der Waals surface area contributed by atoms with Crippen molar-refractivity contribution in [2.24, 2.45) is 0 Å². The molecule has 1 fully saturated rings. The third-order valence-corrected chi connectivity index (χ3v) is 2.46. The summed E-state index contributed by atoms with van der Waals surface area (Å²) in [5.74, 6) is -1.13. The number of aliphatic hydroxyl groups is 1. The van der Waals surface area contributed by atoms with Gasteiger partial charge in [-0.25, -0.2) is 9.59 Å². The molecule has 0 heterocycles. The predicted molar refractivity (Wildman–Crippen MR) is 52.4 cm³/mol. The first-order chi connectivity index (χ1) is 7.13. The topological polar surface area (TPSA) is 98.7 Å². The molecule has 4 N–H and O–H groups in total. The molecule has 0 aromatic heterocycles. The van der Waals surface area contributed by atoms with E-state index >= 15 is 0 Å². The minimum atomic E-state index is -1.13. The molecule has 0 saturated heterocycles. The van der Waals surface area contributed by atoms with Crippen molar-refractivity contribution in [2.75, 3.05) is 6.61 Å². The molecule has 1 aliphatic carbocycles. The fraction of sp³-hybridized carbons (Fsp3) is 0.778. The summed E-state index contributed by atoms with van der Waals surface area (Å²) in [5, 5.41) is 22.3. The summed E-state index contributed by atoms with van der Waals surface area (Å²) in [5.41, 5.74) is 0. The number of hydrogen-bond donors (Lipinski definition) is 4. The molecule has 86 valence electrons. The highest BCUT2D eigenvalue weighted by molar-refractivity contribution is 5.82. The molecule has 0 bridgehead atoms. The Balaban J connectivity index is 2.28. The molecule has 1 aliphatic rings. The number of aliphatic hydroxyl groups excluding tert-OH is 1. The largest absolute Gasteiger partial charge is 0.480 e. The Kier molecular flexibility index (Phi) is 4.36. The summed E-state index contributed by atoms with van der Waals surface area (Å²) >= 11 is 0. The fourth-order valence-corrected chi connectivity index (χ4v) is 1.32. The SMILES string of the molecule is O=C(NC1CCC1)N[C@@H](CCO)C(=O)O. The highest BCUT2D eigenvalue weighted by Gasteiger charge is 2.23. The lowest BCUT2D eigenvalue weighted by Gasteiger charge is -2.27. The Morgan fingerprint density at radius 2 is 2.07 bits per heavy atom. The third kappa shape index (κ3) is 3.75. The van der Waals surface area contributed by atoms with Gasteiger partial charge in [0.1, 0.15) is 6.04 Å². The smallest absolute Gasteiger partial charge is 0.326 e. The minimum Gasteiger partial charge on any atom is -0.480 e. The standard InChI is InChI=1S/C9H16N2O4/c12-5-4-7(8(13)14)11-9(15)10-6-2-1-3-6/h6-7,12H,1-5H2,(H,13,14)(H2,10,11,15)/t7-/m0/s1. The predicted octanol–water partition coefficient (Wildman–Crippen LogP) is -0.326. The lowest BCUT2D eigenvalue weighted by molar-refractivity contribution is -0.139. The number of amides is 2. The first-order valence-corrected chi connectivity index (χ1v) is 5.04. The van der Waals surface area contributed by atoms with Gasteiger partial charge in [0.15, 0.2) is 0 Å². The molecule has 0 aliphatic heterocycles. The molecular formula is C9H16N2O4. The first kappa shape index (κ1) is 11.8. The summed E-state index contributed by atoms with van der Waals surface area (Å²) in [6, 6.07) is -1.32. The number of rotatable bonds is 5. The van der Waals surface area contributed by atoms with Gasteiger partial charge in [0.2, 0.25) is 0 Å². The number of nitrogens with one attached hydrogen (secondary N) is 2. The summed E-state index contributed by atoms with van der Waals surface area (Å²) in [6.45, 7) is -0.263. The van der Waals surface area contributed by atoms with Gasteiger partial charge in [-0.1, -0.05) is 0 Å². The number of carboxylic acid groups (broad SMARTS) is 1. The van der Waals surface area contributed by atoms with E-state index in [4.69, 9.17) is 10.2 Å². The second-order valence-electron chi connectivity index (χ2n) is 3.65. The number of urea groups is 1. The van der Waals surface area contributed by atoms with Crippen molar-refractivity contribution in [2.45, 2.75) is 37.8 Å². The molecule has 0 unspecified atom stereocenters. The number of carboxylic acids is 1. The second-order valence-corrected chi connectivity index (χ2v) is 3.65. The van der Waals surface area contributed by atoms with E-state index in [2.05, 4.69) is 10.6 Å². The Labute approximate surface area is 87.7 Å². The molecule has 6 nitrogen and oxygen atoms in total. The molecule has 1 atom stereocenters. The highest BCUT2D eigenvalue weighted by Crippen LogP contribution is 2.17. The summed E-state index contributed by atoms with van der Waals surface area (Å²) < 4.78 is 0. The second kappa shape index (κ2) is 5.55. The van der Waals surface area contributed by atoms with Crippen LogP contribution in [0.3, 0.4) is 0 Å². The average Bonchev–Trinajstić information content (AvgIpc) is 2.10. The number of hydrogen-bond acceptors (Lipinski definition) is 3. The van der Waals surface area contributed by atoms with E-state index in [1.807, 2.05) is 0 Å². The normalized spacial score (nSPS) is 17.7. The maximum atomic E-state index is 11.3. The zero-order chi connectivity index (χ0) is 11.3. The molecule has 0 aromatic rings. The summed E-state index contributed by atoms with van der Waals surface area (Å²) in [4.78, 5) is 21.9. The van der Waals surface area contributed by atoms with Crippen LogP contribution in [-0.4, -0.2) is 40.9 Å². The first-order valence-electron chi connectivity index (χ1n) is 5.04. The minimum absolute atomic E-state index is 0.0213. The van der Waals surface area contributed by atoms with Crippen molar-refractivity contribution in [3.05, 3.63) is 0 Å². The van der Waals surface area contributed by atoms with E-state index in [-0.39, 0.29) is 19.1 Å². The van der Waals surface area contributed by atoms with Crippen LogP contribution in [0.15, 0.2) is 0 Å². The van der Waals surface area contributed by atoms with Crippen LogP contribution in [0.1, 0.15) is 25.7 Å². The van der Waals surface area contributed by atoms with Crippen molar-refractivity contribution in [1.29, 1.82) is 0 Å². The number of aliphatic carboxylic acids is 1.